The number of nitrogens with zero attached hydrogens (tertiary/aromatic N) is 3. The number of aromatic nitrogens is 3. The molecule has 47 heavy (non-hydrogen) atoms. The van der Waals surface area contributed by atoms with Crippen molar-refractivity contribution in [3.05, 3.63) is 24.3 Å². The predicted octanol–water partition coefficient (Wildman–Crippen LogP) is 7.56. The molecule has 0 spiro atoms. The molecule has 4 fully saturated rings. The van der Waals surface area contributed by atoms with Gasteiger partial charge in [0.2, 0.25) is 0 Å². The number of hydrogen-bond donors (Lipinski definition) is 2. The highest BCUT2D eigenvalue weighted by atomic mass is 16.5. The quantitative estimate of drug-likeness (QED) is 0.293. The second-order valence-electron chi connectivity index (χ2n) is 19.5. The third kappa shape index (κ3) is 4.80. The molecule has 8 nitrogen and oxygen atoms in total. The maximum Gasteiger partial charge on any atom is 0.307 e. The van der Waals surface area contributed by atoms with Gasteiger partial charge >= 0.3 is 5.97 Å². The number of aliphatic carboxylic acids is 1. The largest absolute Gasteiger partial charge is 0.481 e. The molecule has 1 aromatic rings. The monoisotopic (exact) mass is 652 g/mol. The van der Waals surface area contributed by atoms with E-state index < -0.39 is 17.4 Å². The molecule has 8 heteroatoms. The van der Waals surface area contributed by atoms with Crippen LogP contribution in [-0.4, -0.2) is 57.3 Å². The molecule has 2 bridgehead atoms. The molecule has 3 N–H and O–H groups in total. The van der Waals surface area contributed by atoms with Crippen LogP contribution < -0.4 is 5.73 Å². The van der Waals surface area contributed by atoms with Gasteiger partial charge < -0.3 is 24.9 Å². The Bertz CT molecular complexity index is 1380. The summed E-state index contributed by atoms with van der Waals surface area (Å²) in [6.45, 7) is 26.8. The van der Waals surface area contributed by atoms with Gasteiger partial charge in [0.1, 0.15) is 12.7 Å². The van der Waals surface area contributed by atoms with Crippen LogP contribution in [0, 0.1) is 62.1 Å². The van der Waals surface area contributed by atoms with Gasteiger partial charge in [-0.15, -0.1) is 10.2 Å². The molecule has 1 saturated heterocycles. The van der Waals surface area contributed by atoms with E-state index in [1.165, 1.54) is 5.57 Å². The number of carboxylic acids is 1. The summed E-state index contributed by atoms with van der Waals surface area (Å²) in [5, 5.41) is 19.6. The zero-order valence-corrected chi connectivity index (χ0v) is 31.2. The van der Waals surface area contributed by atoms with Crippen LogP contribution >= 0.6 is 0 Å². The number of allylic oxidation sites excluding steroid dienone is 1. The molecule has 6 rings (SSSR count). The fourth-order valence-corrected chi connectivity index (χ4v) is 12.0. The van der Waals surface area contributed by atoms with E-state index in [2.05, 4.69) is 97.0 Å². The lowest BCUT2D eigenvalue weighted by atomic mass is 9.34. The van der Waals surface area contributed by atoms with Crippen molar-refractivity contribution in [1.29, 1.82) is 0 Å². The summed E-state index contributed by atoms with van der Waals surface area (Å²) in [6, 6.07) is 0.0417. The number of fused-ring (bicyclic) bond motifs is 3. The average Bonchev–Trinajstić information content (AvgIpc) is 3.50. The second-order valence-corrected chi connectivity index (χ2v) is 19.5. The van der Waals surface area contributed by atoms with Crippen LogP contribution in [0.25, 0.3) is 0 Å². The van der Waals surface area contributed by atoms with Crippen molar-refractivity contribution in [3.8, 4) is 0 Å². The molecule has 2 heterocycles. The van der Waals surface area contributed by atoms with E-state index >= 15 is 0 Å². The normalized spacial score (nSPS) is 45.2. The first kappa shape index (κ1) is 35.1. The third-order valence-corrected chi connectivity index (χ3v) is 16.1. The van der Waals surface area contributed by atoms with Crippen LogP contribution in [0.1, 0.15) is 121 Å². The molecule has 0 unspecified atom stereocenters. The zero-order valence-electron chi connectivity index (χ0n) is 31.2. The average molecular weight is 653 g/mol. The summed E-state index contributed by atoms with van der Waals surface area (Å²) in [6.07, 6.45) is 11.9. The van der Waals surface area contributed by atoms with Crippen molar-refractivity contribution in [2.75, 3.05) is 19.8 Å². The highest BCUT2D eigenvalue weighted by Gasteiger charge is 2.72. The van der Waals surface area contributed by atoms with E-state index in [9.17, 15) is 9.90 Å². The van der Waals surface area contributed by atoms with Gasteiger partial charge in [-0.2, -0.15) is 0 Å². The number of carboxylic acid groups (broad SMARTS) is 1. The molecule has 1 aliphatic heterocycles. The lowest BCUT2D eigenvalue weighted by Crippen LogP contribution is -2.70. The molecule has 12 atom stereocenters. The van der Waals surface area contributed by atoms with E-state index in [-0.39, 0.29) is 50.6 Å². The summed E-state index contributed by atoms with van der Waals surface area (Å²) >= 11 is 0. The Kier molecular flexibility index (Phi) is 8.29. The first-order valence-corrected chi connectivity index (χ1v) is 18.5. The van der Waals surface area contributed by atoms with Gasteiger partial charge in [0, 0.05) is 11.0 Å². The topological polar surface area (TPSA) is 112 Å². The van der Waals surface area contributed by atoms with Gasteiger partial charge in [0.05, 0.1) is 37.9 Å². The zero-order chi connectivity index (χ0) is 34.6. The molecule has 0 amide bonds. The molecule has 1 aromatic heterocycles. The van der Waals surface area contributed by atoms with Gasteiger partial charge in [-0.3, -0.25) is 4.79 Å². The molecular weight excluding hydrogens is 588 g/mol. The summed E-state index contributed by atoms with van der Waals surface area (Å²) < 4.78 is 16.2. The number of carbonyl (C=O) groups is 1. The highest BCUT2D eigenvalue weighted by Crippen LogP contribution is 2.75. The smallest absolute Gasteiger partial charge is 0.307 e. The van der Waals surface area contributed by atoms with E-state index in [1.807, 2.05) is 12.7 Å². The van der Waals surface area contributed by atoms with Crippen molar-refractivity contribution < 1.29 is 19.4 Å². The maximum absolute atomic E-state index is 13.5. The van der Waals surface area contributed by atoms with Crippen molar-refractivity contribution in [3.63, 3.8) is 0 Å². The minimum absolute atomic E-state index is 0.0298. The van der Waals surface area contributed by atoms with Crippen LogP contribution in [0.3, 0.4) is 0 Å². The van der Waals surface area contributed by atoms with E-state index in [4.69, 9.17) is 15.2 Å². The van der Waals surface area contributed by atoms with Crippen molar-refractivity contribution in [2.45, 2.75) is 132 Å². The minimum Gasteiger partial charge on any atom is -0.481 e. The maximum atomic E-state index is 13.5. The number of ether oxygens (including phenoxy) is 2. The SMILES string of the molecule is CC(C)[C@@H](C)[C@@]1(C)CC[C@]2(C)[C@H]3CC[C@@H]4[C@@]5(C)COC[C@@]4(C3=CC[C@@]2(C)[C@@H]1C(=O)O)[C@@H](OC[C@](C)(N)C(C)(C)C)[C@H](n1cnnc1)C5. The number of rotatable bonds is 7. The van der Waals surface area contributed by atoms with Crippen molar-refractivity contribution in [2.24, 2.45) is 67.8 Å². The molecule has 5 aliphatic rings. The van der Waals surface area contributed by atoms with Crippen molar-refractivity contribution in [1.82, 2.24) is 14.8 Å². The summed E-state index contributed by atoms with van der Waals surface area (Å²) in [7, 11) is 0. The van der Waals surface area contributed by atoms with Gasteiger partial charge in [0.15, 0.2) is 0 Å². The predicted molar refractivity (Wildman–Crippen MR) is 184 cm³/mol. The van der Waals surface area contributed by atoms with E-state index in [0.717, 1.165) is 45.1 Å². The number of hydrogen-bond acceptors (Lipinski definition) is 6. The summed E-state index contributed by atoms with van der Waals surface area (Å²) in [5.41, 5.74) is 6.63. The standard InChI is InChI=1S/C39H64N4O4/c1-24(2)25(3)35(8)16-17-36(9)26-12-13-29-34(7)18-28(43-22-41-42-23-43)31(47-20-38(11,40)33(4,5)6)39(29,21-46-19-34)27(26)14-15-37(36,10)30(35)32(44)45/h14,22-26,28-31H,12-13,15-21,40H2,1-11H3,(H,44,45)/t25-,26+,28-,29-,30-,31+,34-,35-,36-,37+,38+,39+/m1/s1. The Morgan fingerprint density at radius 3 is 2.32 bits per heavy atom. The van der Waals surface area contributed by atoms with Gasteiger partial charge in [0.25, 0.3) is 0 Å². The first-order chi connectivity index (χ1) is 21.7. The van der Waals surface area contributed by atoms with Crippen LogP contribution in [-0.2, 0) is 14.3 Å². The molecule has 264 valence electrons. The molecular formula is C39H64N4O4. The Hall–Kier alpha value is -1.77. The summed E-state index contributed by atoms with van der Waals surface area (Å²) in [5.74, 6) is 0.363. The van der Waals surface area contributed by atoms with Crippen LogP contribution in [0.4, 0.5) is 0 Å². The van der Waals surface area contributed by atoms with Crippen LogP contribution in [0.15, 0.2) is 24.3 Å². The molecule has 0 radical (unpaired) electrons. The summed E-state index contributed by atoms with van der Waals surface area (Å²) in [4.78, 5) is 13.5. The molecule has 3 saturated carbocycles. The van der Waals surface area contributed by atoms with E-state index in [0.29, 0.717) is 31.0 Å². The Labute approximate surface area is 284 Å². The van der Waals surface area contributed by atoms with Gasteiger partial charge in [-0.05, 0) is 96.2 Å². The highest BCUT2D eigenvalue weighted by molar-refractivity contribution is 5.73. The molecule has 4 aliphatic carbocycles. The van der Waals surface area contributed by atoms with Crippen LogP contribution in [0.5, 0.6) is 0 Å². The van der Waals surface area contributed by atoms with Gasteiger partial charge in [-0.1, -0.05) is 80.9 Å². The number of nitrogens with two attached hydrogens (primary N) is 1. The minimum atomic E-state index is -0.623. The fraction of sp³-hybridized carbons (Fsp3) is 0.872. The Morgan fingerprint density at radius 1 is 1.06 bits per heavy atom. The fourth-order valence-electron chi connectivity index (χ4n) is 12.0. The molecule has 0 aromatic carbocycles. The van der Waals surface area contributed by atoms with Crippen LogP contribution in [0.2, 0.25) is 0 Å². The lowest BCUT2D eigenvalue weighted by Gasteiger charge is -2.71. The Balaban J connectivity index is 1.51. The van der Waals surface area contributed by atoms with Crippen molar-refractivity contribution >= 4 is 5.97 Å². The second kappa shape index (κ2) is 11.1. The first-order valence-electron chi connectivity index (χ1n) is 18.5. The van der Waals surface area contributed by atoms with E-state index in [1.54, 1.807) is 0 Å². The van der Waals surface area contributed by atoms with Gasteiger partial charge in [-0.25, -0.2) is 0 Å². The Morgan fingerprint density at radius 2 is 1.72 bits per heavy atom. The lowest BCUT2D eigenvalue weighted by molar-refractivity contribution is -0.254. The third-order valence-electron chi connectivity index (χ3n) is 16.1.